The van der Waals surface area contributed by atoms with Gasteiger partial charge in [0, 0.05) is 57.4 Å². The van der Waals surface area contributed by atoms with Gasteiger partial charge in [-0.2, -0.15) is 0 Å². The summed E-state index contributed by atoms with van der Waals surface area (Å²) in [6, 6.07) is 69.2. The third kappa shape index (κ3) is 5.12. The molecule has 53 heavy (non-hydrogen) atoms. The minimum absolute atomic E-state index is 1.12. The Kier molecular flexibility index (Phi) is 6.97. The van der Waals surface area contributed by atoms with E-state index in [0.29, 0.717) is 0 Å². The summed E-state index contributed by atoms with van der Waals surface area (Å²) in [4.78, 5) is 2.39. The van der Waals surface area contributed by atoms with Gasteiger partial charge in [0.05, 0.1) is 0 Å². The van der Waals surface area contributed by atoms with Crippen LogP contribution in [-0.2, 0) is 0 Å². The fourth-order valence-electron chi connectivity index (χ4n) is 8.02. The van der Waals surface area contributed by atoms with Crippen molar-refractivity contribution in [3.8, 4) is 22.3 Å². The highest BCUT2D eigenvalue weighted by molar-refractivity contribution is 7.26. The Balaban J connectivity index is 0.999. The van der Waals surface area contributed by atoms with Gasteiger partial charge in [0.25, 0.3) is 0 Å². The van der Waals surface area contributed by atoms with Gasteiger partial charge in [-0.3, -0.25) is 0 Å². The first-order valence-corrected chi connectivity index (χ1v) is 19.6. The van der Waals surface area contributed by atoms with Crippen molar-refractivity contribution in [1.29, 1.82) is 0 Å². The van der Waals surface area contributed by atoms with Gasteiger partial charge in [-0.05, 0) is 111 Å². The van der Waals surface area contributed by atoms with Gasteiger partial charge in [-0.1, -0.05) is 121 Å². The second-order valence-corrected chi connectivity index (χ2v) is 15.9. The zero-order valence-electron chi connectivity index (χ0n) is 28.7. The summed E-state index contributed by atoms with van der Waals surface area (Å²) in [6.07, 6.45) is 0. The Morgan fingerprint density at radius 3 is 1.60 bits per heavy atom. The summed E-state index contributed by atoms with van der Waals surface area (Å²) < 4.78 is 5.29. The Morgan fingerprint density at radius 2 is 0.849 bits per heavy atom. The van der Waals surface area contributed by atoms with Crippen LogP contribution in [-0.4, -0.2) is 0 Å². The van der Waals surface area contributed by atoms with E-state index in [1.165, 1.54) is 84.1 Å². The standard InChI is InChI=1S/C50H31NS2/c1-2-10-41-33(8-1)9-7-13-42(41)34-20-24-39(25-21-34)51(40-26-27-45-43-11-3-5-14-47(43)53-50(45)31-40)38-22-18-32(19-23-38)35-16-17-36-29-46-44-12-4-6-15-48(44)52-49(46)30-37(36)28-35/h1-31H. The molecule has 11 rings (SSSR count). The van der Waals surface area contributed by atoms with Gasteiger partial charge in [-0.25, -0.2) is 0 Å². The molecule has 0 atom stereocenters. The van der Waals surface area contributed by atoms with Crippen molar-refractivity contribution >= 4 is 102 Å². The smallest absolute Gasteiger partial charge is 0.0476 e. The van der Waals surface area contributed by atoms with Crippen molar-refractivity contribution in [2.45, 2.75) is 0 Å². The molecule has 2 heterocycles. The molecule has 0 N–H and O–H groups in total. The first-order chi connectivity index (χ1) is 26.2. The molecular formula is C50H31NS2. The number of fused-ring (bicyclic) bond motifs is 8. The molecule has 11 aromatic rings. The molecule has 0 aliphatic heterocycles. The molecule has 9 aromatic carbocycles. The van der Waals surface area contributed by atoms with Crippen LogP contribution in [0.3, 0.4) is 0 Å². The lowest BCUT2D eigenvalue weighted by Gasteiger charge is -2.26. The van der Waals surface area contributed by atoms with Crippen molar-refractivity contribution in [3.63, 3.8) is 0 Å². The van der Waals surface area contributed by atoms with E-state index < -0.39 is 0 Å². The van der Waals surface area contributed by atoms with Crippen LogP contribution in [0.4, 0.5) is 17.1 Å². The molecule has 0 aliphatic rings. The van der Waals surface area contributed by atoms with Crippen LogP contribution in [0, 0.1) is 0 Å². The van der Waals surface area contributed by atoms with Crippen LogP contribution in [0.5, 0.6) is 0 Å². The highest BCUT2D eigenvalue weighted by atomic mass is 32.1. The molecule has 0 radical (unpaired) electrons. The minimum atomic E-state index is 1.12. The molecule has 1 nitrogen and oxygen atoms in total. The maximum Gasteiger partial charge on any atom is 0.0476 e. The maximum atomic E-state index is 2.39. The van der Waals surface area contributed by atoms with E-state index in [-0.39, 0.29) is 0 Å². The summed E-state index contributed by atoms with van der Waals surface area (Å²) in [5.41, 5.74) is 8.29. The Hall–Kier alpha value is -6.26. The molecule has 248 valence electrons. The molecule has 0 spiro atoms. The lowest BCUT2D eigenvalue weighted by atomic mass is 9.98. The van der Waals surface area contributed by atoms with Crippen LogP contribution in [0.15, 0.2) is 188 Å². The molecular weight excluding hydrogens is 679 g/mol. The summed E-state index contributed by atoms with van der Waals surface area (Å²) in [5, 5.41) is 10.4. The number of nitrogens with zero attached hydrogens (tertiary/aromatic N) is 1. The van der Waals surface area contributed by atoms with E-state index in [4.69, 9.17) is 0 Å². The first-order valence-electron chi connectivity index (χ1n) is 18.0. The molecule has 0 bridgehead atoms. The average Bonchev–Trinajstić information content (AvgIpc) is 3.77. The topological polar surface area (TPSA) is 3.24 Å². The van der Waals surface area contributed by atoms with Gasteiger partial charge >= 0.3 is 0 Å². The lowest BCUT2D eigenvalue weighted by molar-refractivity contribution is 1.29. The third-order valence-corrected chi connectivity index (χ3v) is 12.9. The molecule has 0 amide bonds. The Bertz CT molecular complexity index is 3160. The van der Waals surface area contributed by atoms with Gasteiger partial charge < -0.3 is 4.90 Å². The molecule has 2 aromatic heterocycles. The van der Waals surface area contributed by atoms with Crippen LogP contribution >= 0.6 is 22.7 Å². The van der Waals surface area contributed by atoms with Crippen molar-refractivity contribution in [3.05, 3.63) is 188 Å². The molecule has 0 unspecified atom stereocenters. The number of thiophene rings is 2. The molecule has 0 aliphatic carbocycles. The number of rotatable bonds is 5. The summed E-state index contributed by atoms with van der Waals surface area (Å²) in [6.45, 7) is 0. The summed E-state index contributed by atoms with van der Waals surface area (Å²) >= 11 is 3.74. The van der Waals surface area contributed by atoms with E-state index in [0.717, 1.165) is 17.1 Å². The zero-order chi connectivity index (χ0) is 34.9. The van der Waals surface area contributed by atoms with Gasteiger partial charge in [-0.15, -0.1) is 22.7 Å². The fraction of sp³-hybridized carbons (Fsp3) is 0. The van der Waals surface area contributed by atoms with Crippen molar-refractivity contribution in [2.24, 2.45) is 0 Å². The Labute approximate surface area is 315 Å². The van der Waals surface area contributed by atoms with E-state index in [2.05, 4.69) is 193 Å². The first kappa shape index (κ1) is 30.4. The fourth-order valence-corrected chi connectivity index (χ4v) is 10.3. The van der Waals surface area contributed by atoms with Crippen LogP contribution < -0.4 is 4.90 Å². The second-order valence-electron chi connectivity index (χ2n) is 13.7. The molecule has 0 fully saturated rings. The van der Waals surface area contributed by atoms with E-state index in [1.54, 1.807) is 0 Å². The predicted molar refractivity (Wildman–Crippen MR) is 233 cm³/mol. The molecule has 0 saturated heterocycles. The van der Waals surface area contributed by atoms with Crippen LogP contribution in [0.25, 0.3) is 84.1 Å². The highest BCUT2D eigenvalue weighted by Crippen LogP contribution is 2.42. The quantitative estimate of drug-likeness (QED) is 0.172. The average molecular weight is 710 g/mol. The third-order valence-electron chi connectivity index (χ3n) is 10.6. The van der Waals surface area contributed by atoms with Gasteiger partial charge in [0.1, 0.15) is 0 Å². The monoisotopic (exact) mass is 709 g/mol. The van der Waals surface area contributed by atoms with E-state index >= 15 is 0 Å². The maximum absolute atomic E-state index is 2.39. The van der Waals surface area contributed by atoms with E-state index in [1.807, 2.05) is 22.7 Å². The summed E-state index contributed by atoms with van der Waals surface area (Å²) in [7, 11) is 0. The second kappa shape index (κ2) is 12.2. The van der Waals surface area contributed by atoms with Crippen LogP contribution in [0.1, 0.15) is 0 Å². The highest BCUT2D eigenvalue weighted by Gasteiger charge is 2.16. The molecule has 0 saturated carbocycles. The predicted octanol–water partition coefficient (Wildman–Crippen LogP) is 15.5. The van der Waals surface area contributed by atoms with Crippen molar-refractivity contribution in [1.82, 2.24) is 0 Å². The number of hydrogen-bond donors (Lipinski definition) is 0. The Morgan fingerprint density at radius 1 is 0.283 bits per heavy atom. The van der Waals surface area contributed by atoms with Gasteiger partial charge in [0.15, 0.2) is 0 Å². The number of anilines is 3. The van der Waals surface area contributed by atoms with Gasteiger partial charge in [0.2, 0.25) is 0 Å². The largest absolute Gasteiger partial charge is 0.310 e. The lowest BCUT2D eigenvalue weighted by Crippen LogP contribution is -2.09. The zero-order valence-corrected chi connectivity index (χ0v) is 30.3. The number of benzene rings is 9. The SMILES string of the molecule is c1ccc2c(-c3ccc(N(c4ccc(-c5ccc6cc7c(cc6c5)sc5ccccc57)cc4)c4ccc5c(c4)sc4ccccc45)cc3)cccc2c1. The normalized spacial score (nSPS) is 11.8. The van der Waals surface area contributed by atoms with E-state index in [9.17, 15) is 0 Å². The number of hydrogen-bond acceptors (Lipinski definition) is 3. The summed E-state index contributed by atoms with van der Waals surface area (Å²) in [5.74, 6) is 0. The van der Waals surface area contributed by atoms with Crippen LogP contribution in [0.2, 0.25) is 0 Å². The van der Waals surface area contributed by atoms with Crippen molar-refractivity contribution < 1.29 is 0 Å². The molecule has 3 heteroatoms. The minimum Gasteiger partial charge on any atom is -0.310 e. The van der Waals surface area contributed by atoms with Crippen molar-refractivity contribution in [2.75, 3.05) is 4.90 Å².